The molecule has 5 aromatic carbocycles. The van der Waals surface area contributed by atoms with Gasteiger partial charge in [-0.05, 0) is 58.8 Å². The Balaban J connectivity index is 1.24. The van der Waals surface area contributed by atoms with Gasteiger partial charge in [0.1, 0.15) is 22.7 Å². The summed E-state index contributed by atoms with van der Waals surface area (Å²) in [6, 6.07) is 38.7. The van der Waals surface area contributed by atoms with E-state index in [1.807, 2.05) is 17.4 Å². The van der Waals surface area contributed by atoms with Crippen LogP contribution in [0.4, 0.5) is 0 Å². The van der Waals surface area contributed by atoms with Crippen molar-refractivity contribution in [3.63, 3.8) is 0 Å². The van der Waals surface area contributed by atoms with Crippen molar-refractivity contribution < 1.29 is 9.15 Å². The fraction of sp³-hybridized carbons (Fsp3) is 0.0857. The molecule has 0 N–H and O–H groups in total. The van der Waals surface area contributed by atoms with E-state index in [0.717, 1.165) is 28.1 Å². The van der Waals surface area contributed by atoms with E-state index in [9.17, 15) is 0 Å². The third kappa shape index (κ3) is 3.12. The van der Waals surface area contributed by atoms with Crippen LogP contribution >= 0.6 is 11.3 Å². The standard InChI is InChI=1S/C35H24O2S/c1-35(2)26-11-5-6-12-28(26)36-31-20-23(14-15-27(31)35)32-16-17-33(38-32)24-10-7-13-29-34(24)25-18-21-8-3-4-9-22(21)19-30(25)37-29/h3-20H,1-2H3. The molecule has 7 aromatic rings. The van der Waals surface area contributed by atoms with E-state index in [4.69, 9.17) is 9.15 Å². The number of hydrogen-bond acceptors (Lipinski definition) is 3. The number of hydrogen-bond donors (Lipinski definition) is 0. The Kier molecular flexibility index (Phi) is 4.48. The lowest BCUT2D eigenvalue weighted by molar-refractivity contribution is 0.418. The molecule has 0 bridgehead atoms. The van der Waals surface area contributed by atoms with Gasteiger partial charge in [-0.3, -0.25) is 0 Å². The molecular formula is C35H24O2S. The van der Waals surface area contributed by atoms with Crippen molar-refractivity contribution in [2.24, 2.45) is 0 Å². The van der Waals surface area contributed by atoms with Gasteiger partial charge in [0.2, 0.25) is 0 Å². The largest absolute Gasteiger partial charge is 0.457 e. The molecule has 0 aliphatic carbocycles. The molecule has 2 aromatic heterocycles. The summed E-state index contributed by atoms with van der Waals surface area (Å²) in [6.45, 7) is 4.55. The van der Waals surface area contributed by atoms with Crippen molar-refractivity contribution >= 4 is 44.0 Å². The molecule has 0 amide bonds. The minimum atomic E-state index is -0.106. The number of rotatable bonds is 2. The molecule has 0 radical (unpaired) electrons. The molecular weight excluding hydrogens is 484 g/mol. The van der Waals surface area contributed by atoms with Gasteiger partial charge in [0, 0.05) is 42.6 Å². The zero-order valence-corrected chi connectivity index (χ0v) is 21.9. The zero-order chi connectivity index (χ0) is 25.4. The molecule has 182 valence electrons. The lowest BCUT2D eigenvalue weighted by atomic mass is 9.75. The molecule has 0 spiro atoms. The first-order chi connectivity index (χ1) is 18.6. The summed E-state index contributed by atoms with van der Waals surface area (Å²) in [5.41, 5.74) is 6.57. The molecule has 3 heteroatoms. The Labute approximate surface area is 224 Å². The first kappa shape index (κ1) is 21.7. The maximum Gasteiger partial charge on any atom is 0.136 e. The first-order valence-electron chi connectivity index (χ1n) is 12.9. The zero-order valence-electron chi connectivity index (χ0n) is 21.1. The normalized spacial score (nSPS) is 13.9. The van der Waals surface area contributed by atoms with Crippen molar-refractivity contribution in [3.05, 3.63) is 120 Å². The number of furan rings is 1. The third-order valence-electron chi connectivity index (χ3n) is 7.95. The van der Waals surface area contributed by atoms with Crippen molar-refractivity contribution in [1.29, 1.82) is 0 Å². The maximum absolute atomic E-state index is 6.39. The summed E-state index contributed by atoms with van der Waals surface area (Å²) in [7, 11) is 0. The van der Waals surface area contributed by atoms with Gasteiger partial charge in [-0.1, -0.05) is 80.6 Å². The van der Waals surface area contributed by atoms with Crippen molar-refractivity contribution in [2.75, 3.05) is 0 Å². The van der Waals surface area contributed by atoms with E-state index in [-0.39, 0.29) is 5.41 Å². The number of benzene rings is 5. The van der Waals surface area contributed by atoms with Crippen molar-refractivity contribution in [2.45, 2.75) is 19.3 Å². The smallest absolute Gasteiger partial charge is 0.136 e. The molecule has 2 nitrogen and oxygen atoms in total. The number of thiophene rings is 1. The number of fused-ring (bicyclic) bond motifs is 6. The Hall–Kier alpha value is -4.34. The van der Waals surface area contributed by atoms with Crippen LogP contribution in [0.3, 0.4) is 0 Å². The summed E-state index contributed by atoms with van der Waals surface area (Å²) in [5, 5.41) is 4.75. The minimum absolute atomic E-state index is 0.106. The number of ether oxygens (including phenoxy) is 1. The highest BCUT2D eigenvalue weighted by Gasteiger charge is 2.34. The highest BCUT2D eigenvalue weighted by atomic mass is 32.1. The number of para-hydroxylation sites is 1. The van der Waals surface area contributed by atoms with Crippen molar-refractivity contribution in [3.8, 4) is 32.4 Å². The van der Waals surface area contributed by atoms with Crippen LogP contribution in [-0.2, 0) is 5.41 Å². The first-order valence-corrected chi connectivity index (χ1v) is 13.7. The Morgan fingerprint density at radius 3 is 2.26 bits per heavy atom. The van der Waals surface area contributed by atoms with E-state index in [1.54, 1.807) is 0 Å². The quantitative estimate of drug-likeness (QED) is 0.232. The van der Waals surface area contributed by atoms with Gasteiger partial charge in [-0.25, -0.2) is 0 Å². The summed E-state index contributed by atoms with van der Waals surface area (Å²) in [4.78, 5) is 2.45. The molecule has 3 heterocycles. The minimum Gasteiger partial charge on any atom is -0.457 e. The van der Waals surface area contributed by atoms with Crippen LogP contribution in [0.5, 0.6) is 11.5 Å². The maximum atomic E-state index is 6.39. The van der Waals surface area contributed by atoms with E-state index >= 15 is 0 Å². The van der Waals surface area contributed by atoms with Gasteiger partial charge < -0.3 is 9.15 Å². The van der Waals surface area contributed by atoms with E-state index < -0.39 is 0 Å². The molecule has 8 rings (SSSR count). The van der Waals surface area contributed by atoms with Gasteiger partial charge in [-0.15, -0.1) is 11.3 Å². The molecule has 38 heavy (non-hydrogen) atoms. The fourth-order valence-corrected chi connectivity index (χ4v) is 7.00. The molecule has 0 fully saturated rings. The molecule has 0 unspecified atom stereocenters. The molecule has 1 aliphatic heterocycles. The highest BCUT2D eigenvalue weighted by molar-refractivity contribution is 7.19. The van der Waals surface area contributed by atoms with Crippen LogP contribution in [0.25, 0.3) is 53.6 Å². The monoisotopic (exact) mass is 508 g/mol. The topological polar surface area (TPSA) is 22.4 Å². The van der Waals surface area contributed by atoms with E-state index in [2.05, 4.69) is 117 Å². The summed E-state index contributed by atoms with van der Waals surface area (Å²) >= 11 is 1.81. The Morgan fingerprint density at radius 2 is 1.37 bits per heavy atom. The molecule has 0 saturated heterocycles. The molecule has 0 atom stereocenters. The Morgan fingerprint density at radius 1 is 0.605 bits per heavy atom. The van der Waals surface area contributed by atoms with Crippen LogP contribution in [0.15, 0.2) is 114 Å². The fourth-order valence-electron chi connectivity index (χ4n) is 5.97. The summed E-state index contributed by atoms with van der Waals surface area (Å²) in [6.07, 6.45) is 0. The van der Waals surface area contributed by atoms with Gasteiger partial charge in [0.25, 0.3) is 0 Å². The average molecular weight is 509 g/mol. The van der Waals surface area contributed by atoms with Crippen LogP contribution < -0.4 is 4.74 Å². The average Bonchev–Trinajstić information content (AvgIpc) is 3.57. The van der Waals surface area contributed by atoms with Gasteiger partial charge >= 0.3 is 0 Å². The van der Waals surface area contributed by atoms with Crippen molar-refractivity contribution in [1.82, 2.24) is 0 Å². The van der Waals surface area contributed by atoms with Crippen LogP contribution in [0, 0.1) is 0 Å². The SMILES string of the molecule is CC1(C)c2ccccc2Oc2cc(-c3ccc(-c4cccc5oc6cc7ccccc7cc6c45)s3)ccc21. The summed E-state index contributed by atoms with van der Waals surface area (Å²) in [5.74, 6) is 1.89. The van der Waals surface area contributed by atoms with E-state index in [1.165, 1.54) is 48.2 Å². The second-order valence-corrected chi connectivity index (χ2v) is 11.7. The summed E-state index contributed by atoms with van der Waals surface area (Å²) < 4.78 is 12.7. The second kappa shape index (κ2) is 7.83. The second-order valence-electron chi connectivity index (χ2n) is 10.6. The van der Waals surface area contributed by atoms with E-state index in [0.29, 0.717) is 0 Å². The van der Waals surface area contributed by atoms with Gasteiger partial charge in [0.05, 0.1) is 0 Å². The van der Waals surface area contributed by atoms with Gasteiger partial charge in [0.15, 0.2) is 0 Å². The molecule has 1 aliphatic rings. The lowest BCUT2D eigenvalue weighted by Gasteiger charge is -2.34. The van der Waals surface area contributed by atoms with Gasteiger partial charge in [-0.2, -0.15) is 0 Å². The third-order valence-corrected chi connectivity index (χ3v) is 9.12. The lowest BCUT2D eigenvalue weighted by Crippen LogP contribution is -2.24. The van der Waals surface area contributed by atoms with Crippen LogP contribution in [-0.4, -0.2) is 0 Å². The highest BCUT2D eigenvalue weighted by Crippen LogP contribution is 2.49. The van der Waals surface area contributed by atoms with Crippen LogP contribution in [0.1, 0.15) is 25.0 Å². The molecule has 0 saturated carbocycles. The van der Waals surface area contributed by atoms with Crippen LogP contribution in [0.2, 0.25) is 0 Å². The predicted octanol–water partition coefficient (Wildman–Crippen LogP) is 10.6. The predicted molar refractivity (Wildman–Crippen MR) is 159 cm³/mol. The Bertz CT molecular complexity index is 2040.